The monoisotopic (exact) mass is 245 g/mol. The zero-order valence-electron chi connectivity index (χ0n) is 10.9. The first-order valence-corrected chi connectivity index (χ1v) is 6.37. The van der Waals surface area contributed by atoms with Gasteiger partial charge in [0.2, 0.25) is 5.91 Å². The number of amides is 1. The summed E-state index contributed by atoms with van der Waals surface area (Å²) in [7, 11) is 1.99. The van der Waals surface area contributed by atoms with Crippen molar-refractivity contribution in [2.24, 2.45) is 7.05 Å². The Morgan fingerprint density at radius 1 is 1.44 bits per heavy atom. The van der Waals surface area contributed by atoms with Gasteiger partial charge in [-0.15, -0.1) is 0 Å². The van der Waals surface area contributed by atoms with Gasteiger partial charge in [-0.2, -0.15) is 0 Å². The number of rotatable bonds is 5. The highest BCUT2D eigenvalue weighted by Crippen LogP contribution is 2.13. The fourth-order valence-corrected chi connectivity index (χ4v) is 2.00. The van der Waals surface area contributed by atoms with Gasteiger partial charge in [-0.1, -0.05) is 13.0 Å². The van der Waals surface area contributed by atoms with Crippen molar-refractivity contribution in [1.29, 1.82) is 0 Å². The smallest absolute Gasteiger partial charge is 0.219 e. The van der Waals surface area contributed by atoms with Crippen molar-refractivity contribution in [3.63, 3.8) is 0 Å². The molecule has 0 aliphatic rings. The molecule has 0 aliphatic heterocycles. The second-order valence-corrected chi connectivity index (χ2v) is 4.53. The third-order valence-corrected chi connectivity index (χ3v) is 3.00. The van der Waals surface area contributed by atoms with Gasteiger partial charge in [0.1, 0.15) is 0 Å². The third-order valence-electron chi connectivity index (χ3n) is 3.00. The summed E-state index contributed by atoms with van der Waals surface area (Å²) >= 11 is 0. The van der Waals surface area contributed by atoms with Crippen LogP contribution in [0.3, 0.4) is 0 Å². The van der Waals surface area contributed by atoms with Crippen LogP contribution in [-0.2, 0) is 18.3 Å². The molecule has 0 fully saturated rings. The van der Waals surface area contributed by atoms with Crippen molar-refractivity contribution in [1.82, 2.24) is 14.9 Å². The highest BCUT2D eigenvalue weighted by Gasteiger charge is 2.02. The van der Waals surface area contributed by atoms with E-state index < -0.39 is 0 Å². The largest absolute Gasteiger partial charge is 0.356 e. The molecule has 4 nitrogen and oxygen atoms in total. The molecular weight excluding hydrogens is 226 g/mol. The summed E-state index contributed by atoms with van der Waals surface area (Å²) in [5.74, 6) is 0.136. The van der Waals surface area contributed by atoms with Crippen LogP contribution >= 0.6 is 0 Å². The van der Waals surface area contributed by atoms with Crippen LogP contribution in [0.4, 0.5) is 0 Å². The van der Waals surface area contributed by atoms with Crippen LogP contribution in [0.1, 0.15) is 25.3 Å². The Morgan fingerprint density at radius 3 is 3.06 bits per heavy atom. The molecule has 1 heterocycles. The van der Waals surface area contributed by atoms with Gasteiger partial charge < -0.3 is 9.88 Å². The predicted octanol–water partition coefficient (Wildman–Crippen LogP) is 2.03. The predicted molar refractivity (Wildman–Crippen MR) is 72.3 cm³/mol. The molecule has 2 aromatic rings. The van der Waals surface area contributed by atoms with Crippen LogP contribution < -0.4 is 5.32 Å². The summed E-state index contributed by atoms with van der Waals surface area (Å²) in [5.41, 5.74) is 3.35. The number of carbonyl (C=O) groups excluding carboxylic acids is 1. The number of nitrogens with one attached hydrogen (secondary N) is 1. The van der Waals surface area contributed by atoms with E-state index in [2.05, 4.69) is 28.5 Å². The Morgan fingerprint density at radius 2 is 2.28 bits per heavy atom. The lowest BCUT2D eigenvalue weighted by atomic mass is 10.1. The van der Waals surface area contributed by atoms with E-state index >= 15 is 0 Å². The normalized spacial score (nSPS) is 10.8. The molecule has 1 N–H and O–H groups in total. The number of nitrogens with zero attached hydrogens (tertiary/aromatic N) is 2. The van der Waals surface area contributed by atoms with E-state index in [9.17, 15) is 4.79 Å². The molecule has 0 spiro atoms. The molecule has 0 bridgehead atoms. The first-order chi connectivity index (χ1) is 8.70. The summed E-state index contributed by atoms with van der Waals surface area (Å²) < 4.78 is 2.00. The second kappa shape index (κ2) is 5.67. The number of imidazole rings is 1. The summed E-state index contributed by atoms with van der Waals surface area (Å²) in [6, 6.07) is 6.25. The number of hydrogen-bond acceptors (Lipinski definition) is 2. The molecule has 0 radical (unpaired) electrons. The summed E-state index contributed by atoms with van der Waals surface area (Å²) in [6.45, 7) is 2.70. The van der Waals surface area contributed by atoms with Crippen molar-refractivity contribution in [3.8, 4) is 0 Å². The van der Waals surface area contributed by atoms with Crippen molar-refractivity contribution in [3.05, 3.63) is 30.1 Å². The van der Waals surface area contributed by atoms with Gasteiger partial charge >= 0.3 is 0 Å². The van der Waals surface area contributed by atoms with Crippen LogP contribution in [0.2, 0.25) is 0 Å². The maximum Gasteiger partial charge on any atom is 0.219 e. The minimum Gasteiger partial charge on any atom is -0.356 e. The van der Waals surface area contributed by atoms with E-state index in [-0.39, 0.29) is 5.91 Å². The minimum absolute atomic E-state index is 0.136. The van der Waals surface area contributed by atoms with E-state index in [1.807, 2.05) is 24.9 Å². The summed E-state index contributed by atoms with van der Waals surface area (Å²) in [5, 5.41) is 2.92. The van der Waals surface area contributed by atoms with Gasteiger partial charge in [0.25, 0.3) is 0 Å². The highest BCUT2D eigenvalue weighted by molar-refractivity contribution is 5.76. The number of carbonyl (C=O) groups is 1. The maximum absolute atomic E-state index is 11.3. The molecule has 1 aromatic heterocycles. The Labute approximate surface area is 107 Å². The maximum atomic E-state index is 11.3. The topological polar surface area (TPSA) is 46.9 Å². The standard InChI is InChI=1S/C14H19N3O/c1-3-4-14(18)15-8-7-11-5-6-13-12(9-11)16-10-17(13)2/h5-6,9-10H,3-4,7-8H2,1-2H3,(H,15,18). The van der Waals surface area contributed by atoms with Gasteiger partial charge in [0.15, 0.2) is 0 Å². The van der Waals surface area contributed by atoms with Gasteiger partial charge in [0, 0.05) is 20.0 Å². The van der Waals surface area contributed by atoms with Crippen LogP contribution in [-0.4, -0.2) is 22.0 Å². The van der Waals surface area contributed by atoms with E-state index in [4.69, 9.17) is 0 Å². The molecule has 1 amide bonds. The van der Waals surface area contributed by atoms with Crippen molar-refractivity contribution in [2.75, 3.05) is 6.54 Å². The van der Waals surface area contributed by atoms with E-state index in [0.29, 0.717) is 13.0 Å². The van der Waals surface area contributed by atoms with Gasteiger partial charge in [-0.05, 0) is 30.5 Å². The molecule has 0 saturated carbocycles. The number of aromatic nitrogens is 2. The third kappa shape index (κ3) is 2.88. The van der Waals surface area contributed by atoms with Crippen molar-refractivity contribution < 1.29 is 4.79 Å². The average Bonchev–Trinajstić information content (AvgIpc) is 2.71. The molecule has 0 atom stereocenters. The Bertz CT molecular complexity index is 545. The molecule has 1 aromatic carbocycles. The number of benzene rings is 1. The first kappa shape index (κ1) is 12.6. The molecular formula is C14H19N3O. The molecule has 2 rings (SSSR count). The number of aryl methyl sites for hydroxylation is 1. The summed E-state index contributed by atoms with van der Waals surface area (Å²) in [4.78, 5) is 15.6. The second-order valence-electron chi connectivity index (χ2n) is 4.53. The highest BCUT2D eigenvalue weighted by atomic mass is 16.1. The van der Waals surface area contributed by atoms with E-state index in [1.54, 1.807) is 0 Å². The fraction of sp³-hybridized carbons (Fsp3) is 0.429. The Kier molecular flexibility index (Phi) is 3.97. The zero-order chi connectivity index (χ0) is 13.0. The minimum atomic E-state index is 0.136. The molecule has 18 heavy (non-hydrogen) atoms. The van der Waals surface area contributed by atoms with E-state index in [1.165, 1.54) is 5.56 Å². The lowest BCUT2D eigenvalue weighted by Gasteiger charge is -2.04. The zero-order valence-corrected chi connectivity index (χ0v) is 10.9. The molecule has 0 aliphatic carbocycles. The van der Waals surface area contributed by atoms with Crippen molar-refractivity contribution >= 4 is 16.9 Å². The number of fused-ring (bicyclic) bond motifs is 1. The SMILES string of the molecule is CCCC(=O)NCCc1ccc2c(c1)ncn2C. The van der Waals surface area contributed by atoms with Crippen LogP contribution in [0, 0.1) is 0 Å². The lowest BCUT2D eigenvalue weighted by molar-refractivity contribution is -0.121. The average molecular weight is 245 g/mol. The van der Waals surface area contributed by atoms with Gasteiger partial charge in [-0.25, -0.2) is 4.98 Å². The Balaban J connectivity index is 1.94. The molecule has 96 valence electrons. The molecule has 0 unspecified atom stereocenters. The quantitative estimate of drug-likeness (QED) is 0.876. The fourth-order valence-electron chi connectivity index (χ4n) is 2.00. The lowest BCUT2D eigenvalue weighted by Crippen LogP contribution is -2.25. The van der Waals surface area contributed by atoms with Gasteiger partial charge in [0.05, 0.1) is 17.4 Å². The van der Waals surface area contributed by atoms with Gasteiger partial charge in [-0.3, -0.25) is 4.79 Å². The molecule has 4 heteroatoms. The van der Waals surface area contributed by atoms with Crippen LogP contribution in [0.25, 0.3) is 11.0 Å². The first-order valence-electron chi connectivity index (χ1n) is 6.37. The van der Waals surface area contributed by atoms with E-state index in [0.717, 1.165) is 23.9 Å². The summed E-state index contributed by atoms with van der Waals surface area (Å²) in [6.07, 6.45) is 4.17. The van der Waals surface area contributed by atoms with Crippen molar-refractivity contribution in [2.45, 2.75) is 26.2 Å². The molecule has 0 saturated heterocycles. The van der Waals surface area contributed by atoms with Crippen LogP contribution in [0.15, 0.2) is 24.5 Å². The van der Waals surface area contributed by atoms with Crippen LogP contribution in [0.5, 0.6) is 0 Å². The number of hydrogen-bond donors (Lipinski definition) is 1. The Hall–Kier alpha value is -1.84.